The number of hydroxylamine groups is 1. The molecule has 0 spiro atoms. The summed E-state index contributed by atoms with van der Waals surface area (Å²) in [6.07, 6.45) is 3.92. The molecule has 2 N–H and O–H groups in total. The minimum atomic E-state index is -3.84. The zero-order valence-corrected chi connectivity index (χ0v) is 18.1. The molecule has 2 aromatic heterocycles. The van der Waals surface area contributed by atoms with E-state index in [1.54, 1.807) is 18.5 Å². The van der Waals surface area contributed by atoms with Gasteiger partial charge < -0.3 is 8.98 Å². The minimum absolute atomic E-state index is 0.0153. The lowest BCUT2D eigenvalue weighted by molar-refractivity contribution is -0.131. The van der Waals surface area contributed by atoms with Gasteiger partial charge in [0.05, 0.1) is 6.20 Å². The number of benzene rings is 1. The first-order valence-electron chi connectivity index (χ1n) is 9.43. The maximum absolute atomic E-state index is 12.5. The highest BCUT2D eigenvalue weighted by Crippen LogP contribution is 2.25. The van der Waals surface area contributed by atoms with Crippen LogP contribution in [-0.4, -0.2) is 40.1 Å². The maximum Gasteiger partial charge on any atom is 0.264 e. The van der Waals surface area contributed by atoms with Gasteiger partial charge in [-0.1, -0.05) is 12.1 Å². The number of nitrogens with zero attached hydrogens (tertiary/aromatic N) is 2. The number of sulfone groups is 1. The van der Waals surface area contributed by atoms with E-state index in [1.807, 2.05) is 31.2 Å². The molecule has 3 aromatic rings. The third kappa shape index (κ3) is 4.59. The molecule has 1 atom stereocenters. The third-order valence-corrected chi connectivity index (χ3v) is 7.34. The van der Waals surface area contributed by atoms with Crippen molar-refractivity contribution in [2.75, 3.05) is 6.26 Å². The minimum Gasteiger partial charge on any atom is -0.441 e. The highest BCUT2D eigenvalue weighted by Gasteiger charge is 2.43. The van der Waals surface area contributed by atoms with Crippen molar-refractivity contribution in [1.82, 2.24) is 15.0 Å². The highest BCUT2D eigenvalue weighted by molar-refractivity contribution is 7.92. The van der Waals surface area contributed by atoms with Crippen molar-refractivity contribution in [3.05, 3.63) is 64.9 Å². The molecule has 1 aromatic carbocycles. The summed E-state index contributed by atoms with van der Waals surface area (Å²) in [7, 11) is -3.84. The van der Waals surface area contributed by atoms with E-state index < -0.39 is 20.5 Å². The molecular formula is C21H23N3O6S. The number of rotatable bonds is 7. The molecule has 0 saturated carbocycles. The number of carbonyl (C=O) groups is 1. The van der Waals surface area contributed by atoms with Crippen molar-refractivity contribution in [2.24, 2.45) is 0 Å². The monoisotopic (exact) mass is 445 g/mol. The van der Waals surface area contributed by atoms with Crippen molar-refractivity contribution in [3.63, 3.8) is 0 Å². The third-order valence-electron chi connectivity index (χ3n) is 5.31. The Kier molecular flexibility index (Phi) is 6.14. The number of aryl methyl sites for hydroxylation is 2. The maximum atomic E-state index is 12.5. The standard InChI is InChI=1S/C21H23N3O6S/c1-14-13-22-19(30-14)16-6-4-15(5-7-16)17-8-10-24(18(25)12-17)11-9-21(2,20(26)23-27)31(3,28)29/h4-8,10,12-13,27H,9,11H2,1-3H3,(H,23,26). The van der Waals surface area contributed by atoms with Gasteiger partial charge in [-0.2, -0.15) is 0 Å². The Morgan fingerprint density at radius 3 is 2.35 bits per heavy atom. The fraction of sp³-hybridized carbons (Fsp3) is 0.286. The lowest BCUT2D eigenvalue weighted by Crippen LogP contribution is -2.49. The van der Waals surface area contributed by atoms with Crippen molar-refractivity contribution >= 4 is 15.7 Å². The van der Waals surface area contributed by atoms with Crippen LogP contribution in [0.3, 0.4) is 0 Å². The fourth-order valence-electron chi connectivity index (χ4n) is 3.08. The van der Waals surface area contributed by atoms with E-state index in [0.29, 0.717) is 17.2 Å². The Morgan fingerprint density at radius 2 is 1.84 bits per heavy atom. The summed E-state index contributed by atoms with van der Waals surface area (Å²) in [5.41, 5.74) is 3.37. The molecule has 0 saturated heterocycles. The molecule has 31 heavy (non-hydrogen) atoms. The largest absolute Gasteiger partial charge is 0.441 e. The number of hydrogen-bond donors (Lipinski definition) is 2. The summed E-state index contributed by atoms with van der Waals surface area (Å²) in [5, 5.41) is 8.90. The molecule has 1 unspecified atom stereocenters. The van der Waals surface area contributed by atoms with E-state index in [2.05, 4.69) is 4.98 Å². The first kappa shape index (κ1) is 22.4. The molecular weight excluding hydrogens is 422 g/mol. The van der Waals surface area contributed by atoms with E-state index in [4.69, 9.17) is 9.62 Å². The Bertz CT molecular complexity index is 1260. The van der Waals surface area contributed by atoms with Gasteiger partial charge in [0.15, 0.2) is 14.6 Å². The van der Waals surface area contributed by atoms with Gasteiger partial charge in [-0.25, -0.2) is 18.9 Å². The molecule has 3 rings (SSSR count). The van der Waals surface area contributed by atoms with Crippen LogP contribution in [0.2, 0.25) is 0 Å². The van der Waals surface area contributed by atoms with Gasteiger partial charge in [0, 0.05) is 30.6 Å². The summed E-state index contributed by atoms with van der Waals surface area (Å²) in [6, 6.07) is 10.6. The number of hydrogen-bond acceptors (Lipinski definition) is 7. The lowest BCUT2D eigenvalue weighted by atomic mass is 10.0. The van der Waals surface area contributed by atoms with Crippen LogP contribution < -0.4 is 11.0 Å². The average molecular weight is 445 g/mol. The zero-order valence-electron chi connectivity index (χ0n) is 17.3. The normalized spacial score (nSPS) is 13.5. The number of amides is 1. The Morgan fingerprint density at radius 1 is 1.19 bits per heavy atom. The van der Waals surface area contributed by atoms with Crippen LogP contribution in [0.15, 0.2) is 58.0 Å². The summed E-state index contributed by atoms with van der Waals surface area (Å²) >= 11 is 0. The molecule has 0 fully saturated rings. The number of pyridine rings is 1. The summed E-state index contributed by atoms with van der Waals surface area (Å²) in [6.45, 7) is 3.01. The summed E-state index contributed by atoms with van der Waals surface area (Å²) in [5.74, 6) is 0.187. The van der Waals surface area contributed by atoms with Crippen molar-refractivity contribution in [3.8, 4) is 22.6 Å². The van der Waals surface area contributed by atoms with E-state index in [-0.39, 0.29) is 18.5 Å². The highest BCUT2D eigenvalue weighted by atomic mass is 32.2. The molecule has 9 nitrogen and oxygen atoms in total. The second kappa shape index (κ2) is 8.48. The molecule has 0 bridgehead atoms. The van der Waals surface area contributed by atoms with Crippen LogP contribution in [0, 0.1) is 6.92 Å². The zero-order chi connectivity index (χ0) is 22.8. The smallest absolute Gasteiger partial charge is 0.264 e. The van der Waals surface area contributed by atoms with Gasteiger partial charge in [-0.3, -0.25) is 14.8 Å². The first-order chi connectivity index (χ1) is 14.5. The molecule has 0 aliphatic heterocycles. The van der Waals surface area contributed by atoms with Crippen LogP contribution in [0.5, 0.6) is 0 Å². The average Bonchev–Trinajstić information content (AvgIpc) is 3.17. The number of oxazole rings is 1. The molecule has 0 radical (unpaired) electrons. The van der Waals surface area contributed by atoms with Crippen molar-refractivity contribution in [1.29, 1.82) is 0 Å². The van der Waals surface area contributed by atoms with E-state index in [9.17, 15) is 18.0 Å². The van der Waals surface area contributed by atoms with E-state index >= 15 is 0 Å². The Labute approximate surface area is 179 Å². The van der Waals surface area contributed by atoms with Crippen molar-refractivity contribution < 1.29 is 22.8 Å². The summed E-state index contributed by atoms with van der Waals surface area (Å²) in [4.78, 5) is 28.7. The van der Waals surface area contributed by atoms with Gasteiger partial charge in [-0.05, 0) is 49.6 Å². The molecule has 164 valence electrons. The SMILES string of the molecule is Cc1cnc(-c2ccc(-c3ccn(CCC(C)(C(=O)NO)S(C)(=O)=O)c(=O)c3)cc2)o1. The Hall–Kier alpha value is -3.24. The van der Waals surface area contributed by atoms with Gasteiger partial charge in [0.2, 0.25) is 5.89 Å². The predicted molar refractivity (Wildman–Crippen MR) is 114 cm³/mol. The quantitative estimate of drug-likeness (QED) is 0.421. The van der Waals surface area contributed by atoms with Crippen LogP contribution in [0.25, 0.3) is 22.6 Å². The lowest BCUT2D eigenvalue weighted by Gasteiger charge is -2.25. The Balaban J connectivity index is 1.80. The number of aromatic nitrogens is 2. The van der Waals surface area contributed by atoms with E-state index in [0.717, 1.165) is 17.4 Å². The van der Waals surface area contributed by atoms with Gasteiger partial charge in [0.25, 0.3) is 11.5 Å². The molecule has 0 aliphatic rings. The van der Waals surface area contributed by atoms with Gasteiger partial charge in [-0.15, -0.1) is 0 Å². The van der Waals surface area contributed by atoms with Crippen LogP contribution >= 0.6 is 0 Å². The number of carbonyl (C=O) groups excluding carboxylic acids is 1. The van der Waals surface area contributed by atoms with Crippen LogP contribution in [-0.2, 0) is 21.2 Å². The second-order valence-electron chi connectivity index (χ2n) is 7.49. The topological polar surface area (TPSA) is 132 Å². The van der Waals surface area contributed by atoms with Crippen molar-refractivity contribution in [2.45, 2.75) is 31.6 Å². The van der Waals surface area contributed by atoms with Gasteiger partial charge in [0.1, 0.15) is 5.76 Å². The van der Waals surface area contributed by atoms with E-state index in [1.165, 1.54) is 23.0 Å². The second-order valence-corrected chi connectivity index (χ2v) is 9.94. The fourth-order valence-corrected chi connectivity index (χ4v) is 3.93. The van der Waals surface area contributed by atoms with Crippen LogP contribution in [0.1, 0.15) is 19.1 Å². The molecule has 10 heteroatoms. The first-order valence-corrected chi connectivity index (χ1v) is 11.3. The predicted octanol–water partition coefficient (Wildman–Crippen LogP) is 2.18. The number of nitrogens with one attached hydrogen (secondary N) is 1. The van der Waals surface area contributed by atoms with Gasteiger partial charge >= 0.3 is 0 Å². The molecule has 0 aliphatic carbocycles. The molecule has 1 amide bonds. The summed E-state index contributed by atoms with van der Waals surface area (Å²) < 4.78 is 29.1. The van der Waals surface area contributed by atoms with Crippen LogP contribution in [0.4, 0.5) is 0 Å². The molecule has 2 heterocycles.